The van der Waals surface area contributed by atoms with Crippen molar-refractivity contribution in [1.29, 1.82) is 0 Å². The highest BCUT2D eigenvalue weighted by Crippen LogP contribution is 2.27. The highest BCUT2D eigenvalue weighted by molar-refractivity contribution is 5.85. The van der Waals surface area contributed by atoms with Crippen LogP contribution in [0.5, 0.6) is 11.5 Å². The van der Waals surface area contributed by atoms with Crippen molar-refractivity contribution in [2.75, 3.05) is 14.2 Å². The second-order valence-electron chi connectivity index (χ2n) is 3.38. The zero-order chi connectivity index (χ0) is 12.1. The van der Waals surface area contributed by atoms with E-state index in [0.29, 0.717) is 17.1 Å². The van der Waals surface area contributed by atoms with Crippen LogP contribution in [0.2, 0.25) is 0 Å². The molecule has 0 spiro atoms. The fraction of sp³-hybridized carbons (Fsp3) is 0.455. The average Bonchev–Trinajstić information content (AvgIpc) is 2.27. The van der Waals surface area contributed by atoms with E-state index in [0.717, 1.165) is 0 Å². The Labute approximate surface area is 105 Å². The molecule has 1 atom stereocenters. The van der Waals surface area contributed by atoms with Gasteiger partial charge in [0.1, 0.15) is 11.5 Å². The van der Waals surface area contributed by atoms with E-state index in [4.69, 9.17) is 15.2 Å². The summed E-state index contributed by atoms with van der Waals surface area (Å²) in [6.07, 6.45) is -2.80. The van der Waals surface area contributed by atoms with Crippen molar-refractivity contribution in [3.8, 4) is 11.5 Å². The van der Waals surface area contributed by atoms with E-state index >= 15 is 0 Å². The third-order valence-corrected chi connectivity index (χ3v) is 2.23. The number of halogens is 3. The molecule has 0 saturated carbocycles. The Morgan fingerprint density at radius 2 is 1.59 bits per heavy atom. The van der Waals surface area contributed by atoms with Crippen LogP contribution in [0.4, 0.5) is 8.78 Å². The minimum atomic E-state index is -2.42. The molecule has 0 heterocycles. The van der Waals surface area contributed by atoms with Crippen LogP contribution in [0, 0.1) is 0 Å². The molecule has 0 radical (unpaired) electrons. The SMILES string of the molecule is COc1cc(OC)cc([C@@H](N)CC(F)F)c1.Cl. The van der Waals surface area contributed by atoms with Crippen LogP contribution in [0.15, 0.2) is 18.2 Å². The molecule has 0 unspecified atom stereocenters. The third kappa shape index (κ3) is 4.75. The summed E-state index contributed by atoms with van der Waals surface area (Å²) < 4.78 is 34.4. The minimum Gasteiger partial charge on any atom is -0.497 e. The summed E-state index contributed by atoms with van der Waals surface area (Å²) in [5, 5.41) is 0. The van der Waals surface area contributed by atoms with Gasteiger partial charge in [0.2, 0.25) is 6.43 Å². The number of hydrogen-bond donors (Lipinski definition) is 1. The number of rotatable bonds is 5. The predicted molar refractivity (Wildman–Crippen MR) is 64.3 cm³/mol. The van der Waals surface area contributed by atoms with E-state index in [1.54, 1.807) is 18.2 Å². The lowest BCUT2D eigenvalue weighted by molar-refractivity contribution is 0.128. The van der Waals surface area contributed by atoms with Gasteiger partial charge in [-0.15, -0.1) is 12.4 Å². The molecule has 0 aliphatic carbocycles. The lowest BCUT2D eigenvalue weighted by Gasteiger charge is -2.14. The number of ether oxygens (including phenoxy) is 2. The lowest BCUT2D eigenvalue weighted by atomic mass is 10.0. The lowest BCUT2D eigenvalue weighted by Crippen LogP contribution is -2.14. The van der Waals surface area contributed by atoms with Gasteiger partial charge in [-0.2, -0.15) is 0 Å². The quantitative estimate of drug-likeness (QED) is 0.892. The highest BCUT2D eigenvalue weighted by Gasteiger charge is 2.14. The molecule has 0 aromatic heterocycles. The van der Waals surface area contributed by atoms with Crippen molar-refractivity contribution < 1.29 is 18.3 Å². The van der Waals surface area contributed by atoms with Crippen LogP contribution in [0.25, 0.3) is 0 Å². The number of nitrogens with two attached hydrogens (primary N) is 1. The minimum absolute atomic E-state index is 0. The molecule has 0 amide bonds. The second kappa shape index (κ2) is 7.29. The normalized spacial score (nSPS) is 11.9. The van der Waals surface area contributed by atoms with E-state index in [-0.39, 0.29) is 18.8 Å². The summed E-state index contributed by atoms with van der Waals surface area (Å²) in [6.45, 7) is 0. The molecule has 0 fully saturated rings. The fourth-order valence-electron chi connectivity index (χ4n) is 1.37. The van der Waals surface area contributed by atoms with Crippen LogP contribution in [-0.4, -0.2) is 20.6 Å². The Hall–Kier alpha value is -1.07. The zero-order valence-corrected chi connectivity index (χ0v) is 10.5. The first-order valence-corrected chi connectivity index (χ1v) is 4.83. The molecular weight excluding hydrogens is 252 g/mol. The summed E-state index contributed by atoms with van der Waals surface area (Å²) in [7, 11) is 2.99. The fourth-order valence-corrected chi connectivity index (χ4v) is 1.37. The zero-order valence-electron chi connectivity index (χ0n) is 9.65. The van der Waals surface area contributed by atoms with Crippen LogP contribution in [0.3, 0.4) is 0 Å². The first-order chi connectivity index (χ1) is 7.56. The van der Waals surface area contributed by atoms with Crippen LogP contribution in [0.1, 0.15) is 18.0 Å². The molecule has 2 N–H and O–H groups in total. The van der Waals surface area contributed by atoms with Gasteiger partial charge in [0, 0.05) is 18.5 Å². The highest BCUT2D eigenvalue weighted by atomic mass is 35.5. The molecule has 0 aliphatic rings. The van der Waals surface area contributed by atoms with Gasteiger partial charge >= 0.3 is 0 Å². The van der Waals surface area contributed by atoms with Crippen molar-refractivity contribution in [3.05, 3.63) is 23.8 Å². The molecule has 1 aromatic rings. The molecule has 1 aromatic carbocycles. The maximum atomic E-state index is 12.2. The molecule has 0 bridgehead atoms. The van der Waals surface area contributed by atoms with Crippen molar-refractivity contribution in [2.45, 2.75) is 18.9 Å². The van der Waals surface area contributed by atoms with E-state index < -0.39 is 12.5 Å². The van der Waals surface area contributed by atoms with Gasteiger partial charge in [0.25, 0.3) is 0 Å². The van der Waals surface area contributed by atoms with Gasteiger partial charge in [-0.1, -0.05) is 0 Å². The first kappa shape index (κ1) is 15.9. The van der Waals surface area contributed by atoms with E-state index in [1.165, 1.54) is 14.2 Å². The first-order valence-electron chi connectivity index (χ1n) is 4.83. The Balaban J connectivity index is 0.00000256. The summed E-state index contributed by atoms with van der Waals surface area (Å²) in [4.78, 5) is 0. The van der Waals surface area contributed by atoms with Crippen molar-refractivity contribution in [2.24, 2.45) is 5.73 Å². The molecule has 17 heavy (non-hydrogen) atoms. The van der Waals surface area contributed by atoms with Crippen molar-refractivity contribution in [1.82, 2.24) is 0 Å². The van der Waals surface area contributed by atoms with E-state index in [2.05, 4.69) is 0 Å². The van der Waals surface area contributed by atoms with Crippen LogP contribution < -0.4 is 15.2 Å². The number of hydrogen-bond acceptors (Lipinski definition) is 3. The van der Waals surface area contributed by atoms with Gasteiger partial charge in [-0.05, 0) is 17.7 Å². The van der Waals surface area contributed by atoms with Crippen molar-refractivity contribution in [3.63, 3.8) is 0 Å². The maximum absolute atomic E-state index is 12.2. The maximum Gasteiger partial charge on any atom is 0.240 e. The summed E-state index contributed by atoms with van der Waals surface area (Å²) >= 11 is 0. The van der Waals surface area contributed by atoms with Crippen LogP contribution >= 0.6 is 12.4 Å². The molecule has 0 saturated heterocycles. The smallest absolute Gasteiger partial charge is 0.240 e. The largest absolute Gasteiger partial charge is 0.497 e. The number of methoxy groups -OCH3 is 2. The van der Waals surface area contributed by atoms with Crippen molar-refractivity contribution >= 4 is 12.4 Å². The molecule has 1 rings (SSSR count). The molecular formula is C11H16ClF2NO2. The Morgan fingerprint density at radius 3 is 1.94 bits per heavy atom. The standard InChI is InChI=1S/C11H15F2NO2.ClH/c1-15-8-3-7(4-9(5-8)16-2)10(14)6-11(12)13;/h3-5,10-11H,6,14H2,1-2H3;1H/t10-;/m0./s1. The number of benzene rings is 1. The molecule has 0 aliphatic heterocycles. The summed E-state index contributed by atoms with van der Waals surface area (Å²) in [5.41, 5.74) is 6.23. The predicted octanol–water partition coefficient (Wildman–Crippen LogP) is 2.78. The molecule has 6 heteroatoms. The molecule has 98 valence electrons. The number of alkyl halides is 2. The Bertz CT molecular complexity index is 328. The molecule has 3 nitrogen and oxygen atoms in total. The Kier molecular flexibility index (Phi) is 6.83. The second-order valence-corrected chi connectivity index (χ2v) is 3.38. The van der Waals surface area contributed by atoms with Gasteiger partial charge in [0.15, 0.2) is 0 Å². The average molecular weight is 268 g/mol. The van der Waals surface area contributed by atoms with Gasteiger partial charge < -0.3 is 15.2 Å². The Morgan fingerprint density at radius 1 is 1.12 bits per heavy atom. The van der Waals surface area contributed by atoms with Gasteiger partial charge in [-0.25, -0.2) is 8.78 Å². The third-order valence-electron chi connectivity index (χ3n) is 2.23. The van der Waals surface area contributed by atoms with Gasteiger partial charge in [0.05, 0.1) is 14.2 Å². The monoisotopic (exact) mass is 267 g/mol. The van der Waals surface area contributed by atoms with E-state index in [9.17, 15) is 8.78 Å². The van der Waals surface area contributed by atoms with E-state index in [1.807, 2.05) is 0 Å². The van der Waals surface area contributed by atoms with Gasteiger partial charge in [-0.3, -0.25) is 0 Å². The summed E-state index contributed by atoms with van der Waals surface area (Å²) in [6, 6.07) is 4.22. The topological polar surface area (TPSA) is 44.5 Å². The van der Waals surface area contributed by atoms with Crippen LogP contribution in [-0.2, 0) is 0 Å². The summed E-state index contributed by atoms with van der Waals surface area (Å²) in [5.74, 6) is 1.08.